The number of hydrogen-bond donors (Lipinski definition) is 1. The highest BCUT2D eigenvalue weighted by molar-refractivity contribution is 5.55. The highest BCUT2D eigenvalue weighted by atomic mass is 15.3. The maximum atomic E-state index is 9.10. The van der Waals surface area contributed by atoms with Gasteiger partial charge in [0.2, 0.25) is 0 Å². The van der Waals surface area contributed by atoms with Crippen LogP contribution in [0.4, 0.5) is 5.82 Å². The Kier molecular flexibility index (Phi) is 3.49. The van der Waals surface area contributed by atoms with Crippen molar-refractivity contribution >= 4 is 5.82 Å². The van der Waals surface area contributed by atoms with E-state index in [2.05, 4.69) is 22.6 Å². The Morgan fingerprint density at radius 3 is 2.47 bits per heavy atom. The standard InChI is InChI=1S/C14H13N5/c1-10-13(8-16)14(19(2)18-10)17-9-12-5-3-11(7-15)4-6-12/h3-6,17H,9H2,1-2H3. The minimum absolute atomic E-state index is 0.566. The molecule has 0 spiro atoms. The van der Waals surface area contributed by atoms with E-state index in [1.807, 2.05) is 19.1 Å². The summed E-state index contributed by atoms with van der Waals surface area (Å²) in [6.07, 6.45) is 0. The third kappa shape index (κ3) is 2.56. The zero-order valence-corrected chi connectivity index (χ0v) is 10.8. The van der Waals surface area contributed by atoms with Crippen LogP contribution in [0.15, 0.2) is 24.3 Å². The lowest BCUT2D eigenvalue weighted by molar-refractivity contribution is 0.758. The summed E-state index contributed by atoms with van der Waals surface area (Å²) in [4.78, 5) is 0. The highest BCUT2D eigenvalue weighted by Gasteiger charge is 2.11. The Morgan fingerprint density at radius 2 is 1.89 bits per heavy atom. The van der Waals surface area contributed by atoms with E-state index in [1.54, 1.807) is 23.9 Å². The van der Waals surface area contributed by atoms with Gasteiger partial charge in [-0.2, -0.15) is 15.6 Å². The first kappa shape index (κ1) is 12.7. The van der Waals surface area contributed by atoms with Crippen LogP contribution >= 0.6 is 0 Å². The molecule has 5 nitrogen and oxygen atoms in total. The van der Waals surface area contributed by atoms with E-state index in [0.29, 0.717) is 29.2 Å². The maximum absolute atomic E-state index is 9.10. The number of rotatable bonds is 3. The predicted molar refractivity (Wildman–Crippen MR) is 71.1 cm³/mol. The van der Waals surface area contributed by atoms with Crippen LogP contribution in [0, 0.1) is 29.6 Å². The summed E-state index contributed by atoms with van der Waals surface area (Å²) in [5.41, 5.74) is 2.96. The fourth-order valence-electron chi connectivity index (χ4n) is 1.88. The van der Waals surface area contributed by atoms with Crippen molar-refractivity contribution in [3.63, 3.8) is 0 Å². The second-order valence-corrected chi connectivity index (χ2v) is 4.21. The number of aryl methyl sites for hydroxylation is 2. The van der Waals surface area contributed by atoms with Crippen molar-refractivity contribution in [1.82, 2.24) is 9.78 Å². The predicted octanol–water partition coefficient (Wildman–Crippen LogP) is 2.08. The molecule has 0 aliphatic heterocycles. The second kappa shape index (κ2) is 5.24. The molecule has 0 bridgehead atoms. The van der Waals surface area contributed by atoms with Crippen LogP contribution in [0.2, 0.25) is 0 Å². The second-order valence-electron chi connectivity index (χ2n) is 4.21. The van der Waals surface area contributed by atoms with Crippen molar-refractivity contribution in [2.24, 2.45) is 7.05 Å². The molecule has 19 heavy (non-hydrogen) atoms. The normalized spacial score (nSPS) is 9.68. The molecular weight excluding hydrogens is 238 g/mol. The molecule has 1 aromatic carbocycles. The van der Waals surface area contributed by atoms with Crippen LogP contribution in [0.5, 0.6) is 0 Å². The summed E-state index contributed by atoms with van der Waals surface area (Å²) in [5.74, 6) is 0.712. The van der Waals surface area contributed by atoms with E-state index in [4.69, 9.17) is 10.5 Å². The quantitative estimate of drug-likeness (QED) is 0.906. The van der Waals surface area contributed by atoms with Crippen molar-refractivity contribution in [2.45, 2.75) is 13.5 Å². The third-order valence-corrected chi connectivity index (χ3v) is 2.88. The summed E-state index contributed by atoms with van der Waals surface area (Å²) in [7, 11) is 1.80. The third-order valence-electron chi connectivity index (χ3n) is 2.88. The molecule has 0 saturated carbocycles. The number of anilines is 1. The lowest BCUT2D eigenvalue weighted by Crippen LogP contribution is -2.05. The van der Waals surface area contributed by atoms with Crippen LogP contribution in [0.3, 0.4) is 0 Å². The van der Waals surface area contributed by atoms with Crippen molar-refractivity contribution in [3.05, 3.63) is 46.6 Å². The number of aromatic nitrogens is 2. The van der Waals surface area contributed by atoms with Crippen molar-refractivity contribution < 1.29 is 0 Å². The van der Waals surface area contributed by atoms with Gasteiger partial charge in [0.15, 0.2) is 0 Å². The van der Waals surface area contributed by atoms with E-state index in [9.17, 15) is 0 Å². The molecule has 0 radical (unpaired) electrons. The van der Waals surface area contributed by atoms with Crippen LogP contribution in [0.1, 0.15) is 22.4 Å². The molecule has 2 aromatic rings. The largest absolute Gasteiger partial charge is 0.365 e. The van der Waals surface area contributed by atoms with Gasteiger partial charge in [0, 0.05) is 13.6 Å². The minimum Gasteiger partial charge on any atom is -0.365 e. The van der Waals surface area contributed by atoms with E-state index < -0.39 is 0 Å². The Balaban J connectivity index is 2.15. The smallest absolute Gasteiger partial charge is 0.142 e. The zero-order chi connectivity index (χ0) is 13.8. The molecule has 5 heteroatoms. The molecule has 94 valence electrons. The summed E-state index contributed by atoms with van der Waals surface area (Å²) < 4.78 is 1.66. The van der Waals surface area contributed by atoms with Crippen LogP contribution < -0.4 is 5.32 Å². The molecule has 0 saturated heterocycles. The summed E-state index contributed by atoms with van der Waals surface area (Å²) in [6.45, 7) is 2.39. The molecule has 0 aliphatic carbocycles. The molecular formula is C14H13N5. The van der Waals surface area contributed by atoms with Crippen molar-refractivity contribution in [3.8, 4) is 12.1 Å². The maximum Gasteiger partial charge on any atom is 0.142 e. The van der Waals surface area contributed by atoms with Crippen LogP contribution in [-0.4, -0.2) is 9.78 Å². The van der Waals surface area contributed by atoms with Crippen LogP contribution in [-0.2, 0) is 13.6 Å². The fraction of sp³-hybridized carbons (Fsp3) is 0.214. The number of nitrogens with one attached hydrogen (secondary N) is 1. The first-order valence-corrected chi connectivity index (χ1v) is 5.82. The molecule has 0 amide bonds. The molecule has 1 N–H and O–H groups in total. The summed E-state index contributed by atoms with van der Waals surface area (Å²) in [6, 6.07) is 11.6. The Hall–Kier alpha value is -2.79. The van der Waals surface area contributed by atoms with Gasteiger partial charge < -0.3 is 5.32 Å². The Bertz CT molecular complexity index is 668. The molecule has 0 aliphatic rings. The van der Waals surface area contributed by atoms with Gasteiger partial charge in [0.05, 0.1) is 17.3 Å². The Morgan fingerprint density at radius 1 is 1.21 bits per heavy atom. The van der Waals surface area contributed by atoms with Gasteiger partial charge in [0.1, 0.15) is 17.5 Å². The molecule has 0 atom stereocenters. The van der Waals surface area contributed by atoms with Gasteiger partial charge in [-0.1, -0.05) is 12.1 Å². The van der Waals surface area contributed by atoms with Gasteiger partial charge >= 0.3 is 0 Å². The lowest BCUT2D eigenvalue weighted by Gasteiger charge is -2.07. The highest BCUT2D eigenvalue weighted by Crippen LogP contribution is 2.18. The average molecular weight is 251 g/mol. The van der Waals surface area contributed by atoms with Crippen LogP contribution in [0.25, 0.3) is 0 Å². The van der Waals surface area contributed by atoms with Gasteiger partial charge in [-0.25, -0.2) is 0 Å². The van der Waals surface area contributed by atoms with Crippen molar-refractivity contribution in [1.29, 1.82) is 10.5 Å². The van der Waals surface area contributed by atoms with Gasteiger partial charge in [0.25, 0.3) is 0 Å². The number of benzene rings is 1. The fourth-order valence-corrected chi connectivity index (χ4v) is 1.88. The first-order valence-electron chi connectivity index (χ1n) is 5.82. The molecule has 0 unspecified atom stereocenters. The monoisotopic (exact) mass is 251 g/mol. The molecule has 2 rings (SSSR count). The summed E-state index contributed by atoms with van der Waals surface area (Å²) >= 11 is 0. The van der Waals surface area contributed by atoms with E-state index in [1.165, 1.54) is 0 Å². The Labute approximate surface area is 111 Å². The number of hydrogen-bond acceptors (Lipinski definition) is 4. The van der Waals surface area contributed by atoms with Gasteiger partial charge in [-0.05, 0) is 24.6 Å². The number of nitriles is 2. The lowest BCUT2D eigenvalue weighted by atomic mass is 10.1. The van der Waals surface area contributed by atoms with E-state index >= 15 is 0 Å². The molecule has 1 aromatic heterocycles. The van der Waals surface area contributed by atoms with E-state index in [0.717, 1.165) is 5.56 Å². The minimum atomic E-state index is 0.566. The first-order chi connectivity index (χ1) is 9.15. The topological polar surface area (TPSA) is 77.4 Å². The van der Waals surface area contributed by atoms with Gasteiger partial charge in [-0.15, -0.1) is 0 Å². The van der Waals surface area contributed by atoms with E-state index in [-0.39, 0.29) is 0 Å². The molecule has 0 fully saturated rings. The average Bonchev–Trinajstić information content (AvgIpc) is 2.70. The SMILES string of the molecule is Cc1nn(C)c(NCc2ccc(C#N)cc2)c1C#N. The van der Waals surface area contributed by atoms with Crippen molar-refractivity contribution in [2.75, 3.05) is 5.32 Å². The number of nitrogens with zero attached hydrogens (tertiary/aromatic N) is 4. The zero-order valence-electron chi connectivity index (χ0n) is 10.8. The van der Waals surface area contributed by atoms with Gasteiger partial charge in [-0.3, -0.25) is 4.68 Å². The summed E-state index contributed by atoms with van der Waals surface area (Å²) in [5, 5.41) is 25.2. The molecule has 1 heterocycles.